The molecule has 0 saturated carbocycles. The van der Waals surface area contributed by atoms with E-state index in [1.54, 1.807) is 18.2 Å². The number of hydrogen-bond acceptors (Lipinski definition) is 3. The van der Waals surface area contributed by atoms with E-state index >= 15 is 0 Å². The van der Waals surface area contributed by atoms with Gasteiger partial charge in [-0.2, -0.15) is 0 Å². The van der Waals surface area contributed by atoms with Gasteiger partial charge in [-0.1, -0.05) is 18.2 Å². The first-order chi connectivity index (χ1) is 8.11. The third kappa shape index (κ3) is 5.26. The van der Waals surface area contributed by atoms with Crippen molar-refractivity contribution in [2.75, 3.05) is 19.8 Å². The van der Waals surface area contributed by atoms with E-state index in [4.69, 9.17) is 9.47 Å². The summed E-state index contributed by atoms with van der Waals surface area (Å²) < 4.78 is 23.8. The van der Waals surface area contributed by atoms with Crippen LogP contribution in [0.15, 0.2) is 24.3 Å². The van der Waals surface area contributed by atoms with Crippen LogP contribution in [0.5, 0.6) is 0 Å². The lowest BCUT2D eigenvalue weighted by atomic mass is 10.1. The van der Waals surface area contributed by atoms with Crippen molar-refractivity contribution >= 4 is 0 Å². The van der Waals surface area contributed by atoms with E-state index in [0.29, 0.717) is 13.2 Å². The first-order valence-electron chi connectivity index (χ1n) is 5.73. The van der Waals surface area contributed by atoms with Crippen molar-refractivity contribution < 1.29 is 19.0 Å². The zero-order chi connectivity index (χ0) is 12.7. The number of aliphatic hydroxyl groups is 1. The van der Waals surface area contributed by atoms with Gasteiger partial charge in [0.25, 0.3) is 0 Å². The summed E-state index contributed by atoms with van der Waals surface area (Å²) in [6.07, 6.45) is -0.773. The third-order valence-electron chi connectivity index (χ3n) is 2.22. The molecule has 0 radical (unpaired) electrons. The normalized spacial score (nSPS) is 13.0. The molecule has 0 fully saturated rings. The third-order valence-corrected chi connectivity index (χ3v) is 2.22. The Balaban J connectivity index is 2.26. The van der Waals surface area contributed by atoms with E-state index in [9.17, 15) is 9.50 Å². The van der Waals surface area contributed by atoms with Crippen LogP contribution in [-0.2, 0) is 9.47 Å². The van der Waals surface area contributed by atoms with Gasteiger partial charge in [0, 0.05) is 5.56 Å². The van der Waals surface area contributed by atoms with E-state index in [-0.39, 0.29) is 18.3 Å². The van der Waals surface area contributed by atoms with Gasteiger partial charge < -0.3 is 14.6 Å². The number of halogens is 1. The summed E-state index contributed by atoms with van der Waals surface area (Å²) in [7, 11) is 0. The van der Waals surface area contributed by atoms with Gasteiger partial charge in [-0.05, 0) is 19.9 Å². The Morgan fingerprint density at radius 1 is 1.24 bits per heavy atom. The van der Waals surface area contributed by atoms with Crippen LogP contribution in [0.4, 0.5) is 4.39 Å². The molecule has 1 rings (SSSR count). The molecule has 1 aromatic carbocycles. The van der Waals surface area contributed by atoms with E-state index in [2.05, 4.69) is 0 Å². The predicted octanol–water partition coefficient (Wildman–Crippen LogP) is 2.30. The van der Waals surface area contributed by atoms with Gasteiger partial charge in [-0.3, -0.25) is 0 Å². The Kier molecular flexibility index (Phi) is 6.11. The maximum Gasteiger partial charge on any atom is 0.129 e. The Labute approximate surface area is 101 Å². The summed E-state index contributed by atoms with van der Waals surface area (Å²) in [5, 5.41) is 9.70. The summed E-state index contributed by atoms with van der Waals surface area (Å²) in [5.74, 6) is -0.415. The van der Waals surface area contributed by atoms with Crippen LogP contribution in [-0.4, -0.2) is 31.0 Å². The van der Waals surface area contributed by atoms with Crippen LogP contribution in [0, 0.1) is 5.82 Å². The first kappa shape index (κ1) is 14.1. The number of aliphatic hydroxyl groups excluding tert-OH is 1. The second-order valence-corrected chi connectivity index (χ2v) is 4.03. The van der Waals surface area contributed by atoms with Crippen molar-refractivity contribution in [3.8, 4) is 0 Å². The van der Waals surface area contributed by atoms with Crippen molar-refractivity contribution in [3.63, 3.8) is 0 Å². The highest BCUT2D eigenvalue weighted by Crippen LogP contribution is 2.16. The Morgan fingerprint density at radius 2 is 1.94 bits per heavy atom. The summed E-state index contributed by atoms with van der Waals surface area (Å²) >= 11 is 0. The lowest BCUT2D eigenvalue weighted by molar-refractivity contribution is -0.0118. The minimum absolute atomic E-state index is 0.0718. The first-order valence-corrected chi connectivity index (χ1v) is 5.73. The van der Waals surface area contributed by atoms with Crippen molar-refractivity contribution in [3.05, 3.63) is 35.6 Å². The molecule has 0 heterocycles. The lowest BCUT2D eigenvalue weighted by Crippen LogP contribution is -2.14. The second kappa shape index (κ2) is 7.37. The molecule has 17 heavy (non-hydrogen) atoms. The Morgan fingerprint density at radius 3 is 2.59 bits per heavy atom. The molecule has 0 saturated heterocycles. The molecule has 1 aromatic rings. The molecular weight excluding hydrogens is 223 g/mol. The molecular formula is C13H19FO3. The quantitative estimate of drug-likeness (QED) is 0.746. The predicted molar refractivity (Wildman–Crippen MR) is 63.3 cm³/mol. The molecule has 1 atom stereocenters. The maximum atomic E-state index is 13.3. The van der Waals surface area contributed by atoms with E-state index in [1.165, 1.54) is 6.07 Å². The fraction of sp³-hybridized carbons (Fsp3) is 0.538. The van der Waals surface area contributed by atoms with Crippen molar-refractivity contribution in [1.29, 1.82) is 0 Å². The van der Waals surface area contributed by atoms with Gasteiger partial charge in [-0.25, -0.2) is 4.39 Å². The van der Waals surface area contributed by atoms with Gasteiger partial charge >= 0.3 is 0 Å². The molecule has 96 valence electrons. The van der Waals surface area contributed by atoms with Crippen LogP contribution in [0.3, 0.4) is 0 Å². The standard InChI is InChI=1S/C13H19FO3/c1-10(2)17-8-7-16-9-13(15)11-5-3-4-6-12(11)14/h3-6,10,13,15H,7-9H2,1-2H3. The van der Waals surface area contributed by atoms with E-state index in [0.717, 1.165) is 0 Å². The van der Waals surface area contributed by atoms with Gasteiger partial charge in [-0.15, -0.1) is 0 Å². The van der Waals surface area contributed by atoms with Crippen LogP contribution >= 0.6 is 0 Å². The molecule has 0 aliphatic rings. The maximum absolute atomic E-state index is 13.3. The molecule has 0 aromatic heterocycles. The van der Waals surface area contributed by atoms with Crippen LogP contribution in [0.1, 0.15) is 25.5 Å². The fourth-order valence-corrected chi connectivity index (χ4v) is 1.37. The van der Waals surface area contributed by atoms with E-state index in [1.807, 2.05) is 13.8 Å². The minimum atomic E-state index is -0.935. The lowest BCUT2D eigenvalue weighted by Gasteiger charge is -2.13. The molecule has 1 N–H and O–H groups in total. The summed E-state index contributed by atoms with van der Waals surface area (Å²) in [6.45, 7) is 4.82. The smallest absolute Gasteiger partial charge is 0.129 e. The minimum Gasteiger partial charge on any atom is -0.386 e. The summed E-state index contributed by atoms with van der Waals surface area (Å²) in [4.78, 5) is 0. The highest BCUT2D eigenvalue weighted by atomic mass is 19.1. The molecule has 1 unspecified atom stereocenters. The topological polar surface area (TPSA) is 38.7 Å². The Bertz CT molecular complexity index is 328. The average Bonchev–Trinajstić information content (AvgIpc) is 2.28. The van der Waals surface area contributed by atoms with Gasteiger partial charge in [0.15, 0.2) is 0 Å². The second-order valence-electron chi connectivity index (χ2n) is 4.03. The van der Waals surface area contributed by atoms with Crippen molar-refractivity contribution in [1.82, 2.24) is 0 Å². The van der Waals surface area contributed by atoms with Gasteiger partial charge in [0.05, 0.1) is 25.9 Å². The molecule has 3 nitrogen and oxygen atoms in total. The highest BCUT2D eigenvalue weighted by molar-refractivity contribution is 5.19. The number of ether oxygens (including phenoxy) is 2. The zero-order valence-corrected chi connectivity index (χ0v) is 10.2. The highest BCUT2D eigenvalue weighted by Gasteiger charge is 2.11. The largest absolute Gasteiger partial charge is 0.386 e. The average molecular weight is 242 g/mol. The number of benzene rings is 1. The SMILES string of the molecule is CC(C)OCCOCC(O)c1ccccc1F. The fourth-order valence-electron chi connectivity index (χ4n) is 1.37. The molecule has 0 bridgehead atoms. The van der Waals surface area contributed by atoms with Crippen LogP contribution < -0.4 is 0 Å². The monoisotopic (exact) mass is 242 g/mol. The van der Waals surface area contributed by atoms with Gasteiger partial charge in [0.2, 0.25) is 0 Å². The van der Waals surface area contributed by atoms with Gasteiger partial charge in [0.1, 0.15) is 11.9 Å². The molecule has 0 amide bonds. The zero-order valence-electron chi connectivity index (χ0n) is 10.2. The van der Waals surface area contributed by atoms with Crippen molar-refractivity contribution in [2.45, 2.75) is 26.1 Å². The molecule has 0 spiro atoms. The van der Waals surface area contributed by atoms with Crippen LogP contribution in [0.25, 0.3) is 0 Å². The van der Waals surface area contributed by atoms with Crippen LogP contribution in [0.2, 0.25) is 0 Å². The number of rotatable bonds is 7. The van der Waals surface area contributed by atoms with Crippen molar-refractivity contribution in [2.24, 2.45) is 0 Å². The van der Waals surface area contributed by atoms with E-state index < -0.39 is 11.9 Å². The number of hydrogen-bond donors (Lipinski definition) is 1. The summed E-state index contributed by atoms with van der Waals surface area (Å²) in [5.41, 5.74) is 0.261. The summed E-state index contributed by atoms with van der Waals surface area (Å²) in [6, 6.07) is 6.14. The Hall–Kier alpha value is -0.970. The molecule has 4 heteroatoms. The molecule has 0 aliphatic carbocycles. The molecule has 0 aliphatic heterocycles.